The maximum absolute atomic E-state index is 12.1. The first-order valence-corrected chi connectivity index (χ1v) is 6.86. The summed E-state index contributed by atoms with van der Waals surface area (Å²) in [7, 11) is 1.62. The maximum atomic E-state index is 12.1. The van der Waals surface area contributed by atoms with Crippen molar-refractivity contribution in [2.45, 2.75) is 20.0 Å². The first-order valence-electron chi connectivity index (χ1n) is 6.86. The van der Waals surface area contributed by atoms with E-state index in [2.05, 4.69) is 15.5 Å². The van der Waals surface area contributed by atoms with Crippen LogP contribution >= 0.6 is 0 Å². The maximum Gasteiger partial charge on any atom is 0.251 e. The van der Waals surface area contributed by atoms with Crippen molar-refractivity contribution in [3.05, 3.63) is 47.5 Å². The van der Waals surface area contributed by atoms with E-state index in [-0.39, 0.29) is 18.2 Å². The van der Waals surface area contributed by atoms with Gasteiger partial charge in [-0.15, -0.1) is 10.2 Å². The zero-order valence-corrected chi connectivity index (χ0v) is 12.6. The Labute approximate surface area is 128 Å². The van der Waals surface area contributed by atoms with Crippen LogP contribution < -0.4 is 5.32 Å². The predicted octanol–water partition coefficient (Wildman–Crippen LogP) is 1.06. The Balaban J connectivity index is 1.99. The molecule has 22 heavy (non-hydrogen) atoms. The zero-order valence-electron chi connectivity index (χ0n) is 12.6. The molecule has 7 nitrogen and oxygen atoms in total. The van der Waals surface area contributed by atoms with E-state index in [4.69, 9.17) is 4.74 Å². The van der Waals surface area contributed by atoms with E-state index in [1.54, 1.807) is 37.7 Å². The highest BCUT2D eigenvalue weighted by atomic mass is 16.5. The van der Waals surface area contributed by atoms with Crippen molar-refractivity contribution in [1.29, 1.82) is 0 Å². The molecule has 1 N–H and O–H groups in total. The Kier molecular flexibility index (Phi) is 5.37. The molecule has 0 spiro atoms. The molecular weight excluding hydrogens is 284 g/mol. The SMILES string of the molecule is COCCn1cnnc1CNC(=O)c1cccc(C(C)=O)c1. The summed E-state index contributed by atoms with van der Waals surface area (Å²) in [6, 6.07) is 6.61. The minimum Gasteiger partial charge on any atom is -0.383 e. The van der Waals surface area contributed by atoms with E-state index < -0.39 is 0 Å². The monoisotopic (exact) mass is 302 g/mol. The quantitative estimate of drug-likeness (QED) is 0.773. The Morgan fingerprint density at radius 1 is 1.32 bits per heavy atom. The van der Waals surface area contributed by atoms with Crippen molar-refractivity contribution in [1.82, 2.24) is 20.1 Å². The number of rotatable bonds is 7. The molecule has 0 atom stereocenters. The molecule has 2 aromatic rings. The number of benzene rings is 1. The molecule has 0 radical (unpaired) electrons. The van der Waals surface area contributed by atoms with Crippen LogP contribution in [0.15, 0.2) is 30.6 Å². The lowest BCUT2D eigenvalue weighted by Crippen LogP contribution is -2.25. The highest BCUT2D eigenvalue weighted by Gasteiger charge is 2.10. The highest BCUT2D eigenvalue weighted by molar-refractivity contribution is 5.99. The van der Waals surface area contributed by atoms with Crippen LogP contribution in [-0.2, 0) is 17.8 Å². The fraction of sp³-hybridized carbons (Fsp3) is 0.333. The van der Waals surface area contributed by atoms with Gasteiger partial charge < -0.3 is 14.6 Å². The van der Waals surface area contributed by atoms with Gasteiger partial charge in [0.1, 0.15) is 6.33 Å². The van der Waals surface area contributed by atoms with Gasteiger partial charge in [-0.2, -0.15) is 0 Å². The first kappa shape index (κ1) is 15.8. The van der Waals surface area contributed by atoms with E-state index in [0.717, 1.165) is 0 Å². The van der Waals surface area contributed by atoms with Crippen LogP contribution in [0.25, 0.3) is 0 Å². The van der Waals surface area contributed by atoms with Gasteiger partial charge in [0.25, 0.3) is 5.91 Å². The number of carbonyl (C=O) groups is 2. The summed E-state index contributed by atoms with van der Waals surface area (Å²) < 4.78 is 6.82. The summed E-state index contributed by atoms with van der Waals surface area (Å²) in [6.45, 7) is 2.89. The van der Waals surface area contributed by atoms with Gasteiger partial charge in [0.2, 0.25) is 0 Å². The average molecular weight is 302 g/mol. The van der Waals surface area contributed by atoms with Crippen molar-refractivity contribution in [3.8, 4) is 0 Å². The number of hydrogen-bond acceptors (Lipinski definition) is 5. The Hall–Kier alpha value is -2.54. The zero-order chi connectivity index (χ0) is 15.9. The predicted molar refractivity (Wildman–Crippen MR) is 79.5 cm³/mol. The van der Waals surface area contributed by atoms with Crippen molar-refractivity contribution >= 4 is 11.7 Å². The van der Waals surface area contributed by atoms with E-state index >= 15 is 0 Å². The number of methoxy groups -OCH3 is 1. The molecule has 1 aromatic heterocycles. The number of amides is 1. The normalized spacial score (nSPS) is 10.5. The fourth-order valence-electron chi connectivity index (χ4n) is 1.93. The molecular formula is C15H18N4O3. The molecule has 7 heteroatoms. The Bertz CT molecular complexity index is 666. The van der Waals surface area contributed by atoms with Gasteiger partial charge in [-0.05, 0) is 19.1 Å². The number of ether oxygens (including phenoxy) is 1. The van der Waals surface area contributed by atoms with Crippen LogP contribution in [0.2, 0.25) is 0 Å². The largest absolute Gasteiger partial charge is 0.383 e. The summed E-state index contributed by atoms with van der Waals surface area (Å²) >= 11 is 0. The van der Waals surface area contributed by atoms with Gasteiger partial charge in [0.15, 0.2) is 11.6 Å². The van der Waals surface area contributed by atoms with Crippen LogP contribution in [-0.4, -0.2) is 40.2 Å². The molecule has 0 bridgehead atoms. The lowest BCUT2D eigenvalue weighted by Gasteiger charge is -2.08. The third-order valence-electron chi connectivity index (χ3n) is 3.17. The second kappa shape index (κ2) is 7.46. The van der Waals surface area contributed by atoms with Crippen LogP contribution in [0.1, 0.15) is 33.5 Å². The highest BCUT2D eigenvalue weighted by Crippen LogP contribution is 2.06. The minimum atomic E-state index is -0.260. The molecule has 2 rings (SSSR count). The molecule has 0 fully saturated rings. The van der Waals surface area contributed by atoms with E-state index in [9.17, 15) is 9.59 Å². The summed E-state index contributed by atoms with van der Waals surface area (Å²) in [5, 5.41) is 10.6. The van der Waals surface area contributed by atoms with Crippen LogP contribution in [0.5, 0.6) is 0 Å². The van der Waals surface area contributed by atoms with E-state index in [1.165, 1.54) is 6.92 Å². The van der Waals surface area contributed by atoms with Crippen molar-refractivity contribution in [3.63, 3.8) is 0 Å². The van der Waals surface area contributed by atoms with Crippen LogP contribution in [0.4, 0.5) is 0 Å². The summed E-state index contributed by atoms with van der Waals surface area (Å²) in [5.74, 6) is 0.312. The third-order valence-corrected chi connectivity index (χ3v) is 3.17. The molecule has 0 aliphatic rings. The van der Waals surface area contributed by atoms with Crippen molar-refractivity contribution in [2.75, 3.05) is 13.7 Å². The molecule has 0 aliphatic heterocycles. The number of ketones is 1. The van der Waals surface area contributed by atoms with Gasteiger partial charge in [-0.3, -0.25) is 9.59 Å². The van der Waals surface area contributed by atoms with Gasteiger partial charge >= 0.3 is 0 Å². The van der Waals surface area contributed by atoms with E-state index in [1.807, 2.05) is 4.57 Å². The fourth-order valence-corrected chi connectivity index (χ4v) is 1.93. The van der Waals surface area contributed by atoms with Crippen molar-refractivity contribution < 1.29 is 14.3 Å². The number of nitrogens with one attached hydrogen (secondary N) is 1. The summed E-state index contributed by atoms with van der Waals surface area (Å²) in [5.41, 5.74) is 0.951. The summed E-state index contributed by atoms with van der Waals surface area (Å²) in [6.07, 6.45) is 1.59. The topological polar surface area (TPSA) is 86.1 Å². The molecule has 116 valence electrons. The first-order chi connectivity index (χ1) is 10.6. The molecule has 0 aliphatic carbocycles. The lowest BCUT2D eigenvalue weighted by molar-refractivity contribution is 0.0949. The van der Waals surface area contributed by atoms with Crippen LogP contribution in [0.3, 0.4) is 0 Å². The standard InChI is InChI=1S/C15H18N4O3/c1-11(20)12-4-3-5-13(8-12)15(21)16-9-14-18-17-10-19(14)6-7-22-2/h3-5,8,10H,6-7,9H2,1-2H3,(H,16,21). The molecule has 1 heterocycles. The second-order valence-corrected chi connectivity index (χ2v) is 4.75. The van der Waals surface area contributed by atoms with Crippen molar-refractivity contribution in [2.24, 2.45) is 0 Å². The number of nitrogens with zero attached hydrogens (tertiary/aromatic N) is 3. The van der Waals surface area contributed by atoms with Gasteiger partial charge in [-0.25, -0.2) is 0 Å². The summed E-state index contributed by atoms with van der Waals surface area (Å²) in [4.78, 5) is 23.5. The Morgan fingerprint density at radius 2 is 2.09 bits per heavy atom. The molecule has 0 saturated heterocycles. The smallest absolute Gasteiger partial charge is 0.251 e. The molecule has 0 unspecified atom stereocenters. The molecule has 1 amide bonds. The van der Waals surface area contributed by atoms with E-state index in [0.29, 0.717) is 30.1 Å². The van der Waals surface area contributed by atoms with Gasteiger partial charge in [0, 0.05) is 24.8 Å². The number of carbonyl (C=O) groups excluding carboxylic acids is 2. The van der Waals surface area contributed by atoms with Crippen LogP contribution in [0, 0.1) is 0 Å². The average Bonchev–Trinajstić information content (AvgIpc) is 2.98. The number of Topliss-reactive ketones (excluding diaryl/α,β-unsaturated/α-hetero) is 1. The Morgan fingerprint density at radius 3 is 2.82 bits per heavy atom. The molecule has 0 saturated carbocycles. The lowest BCUT2D eigenvalue weighted by atomic mass is 10.1. The van der Waals surface area contributed by atoms with Gasteiger partial charge in [0.05, 0.1) is 13.2 Å². The number of aromatic nitrogens is 3. The third kappa shape index (κ3) is 3.98. The minimum absolute atomic E-state index is 0.0750. The second-order valence-electron chi connectivity index (χ2n) is 4.75. The van der Waals surface area contributed by atoms with Gasteiger partial charge in [-0.1, -0.05) is 12.1 Å². The molecule has 1 aromatic carbocycles. The number of hydrogen-bond donors (Lipinski definition) is 1.